The number of nitrogens with zero attached hydrogens (tertiary/aromatic N) is 2. The van der Waals surface area contributed by atoms with E-state index in [1.807, 2.05) is 34.6 Å². The van der Waals surface area contributed by atoms with Crippen molar-refractivity contribution in [3.63, 3.8) is 0 Å². The number of methoxy groups -OCH3 is 1. The van der Waals surface area contributed by atoms with Crippen molar-refractivity contribution in [2.45, 2.75) is 78.3 Å². The maximum atomic E-state index is 13.4. The van der Waals surface area contributed by atoms with E-state index in [-0.39, 0.29) is 42.5 Å². The molecule has 0 bridgehead atoms. The molecule has 2 aromatic rings. The van der Waals surface area contributed by atoms with Crippen molar-refractivity contribution in [1.82, 2.24) is 10.6 Å². The zero-order valence-corrected chi connectivity index (χ0v) is 28.2. The van der Waals surface area contributed by atoms with Crippen LogP contribution in [0.25, 0.3) is 0 Å². The highest BCUT2D eigenvalue weighted by atomic mass is 16.5. The third kappa shape index (κ3) is 13.9. The minimum absolute atomic E-state index is 0.0434. The van der Waals surface area contributed by atoms with Crippen molar-refractivity contribution in [3.05, 3.63) is 66.2 Å². The number of guanidine groups is 1. The SMILES string of the molecule is COc1ccc(NC(=NC#N)Nc2ccc(C(CC(C)C)C(=O)NC(CC=CCC(NC(=O)CC(C)(C)C)C(=O)O)C(=O)O)cc2)cc1. The van der Waals surface area contributed by atoms with Gasteiger partial charge >= 0.3 is 11.9 Å². The number of nitrogens with one attached hydrogen (secondary N) is 4. The second-order valence-electron chi connectivity index (χ2n) is 12.9. The lowest BCUT2D eigenvalue weighted by Gasteiger charge is -2.22. The Morgan fingerprint density at radius 2 is 1.38 bits per heavy atom. The molecule has 3 atom stereocenters. The van der Waals surface area contributed by atoms with Crippen molar-refractivity contribution >= 4 is 41.1 Å². The number of hydrogen-bond donors (Lipinski definition) is 6. The molecule has 0 heterocycles. The van der Waals surface area contributed by atoms with Gasteiger partial charge in [0.1, 0.15) is 17.8 Å². The molecular formula is C35H46N6O7. The number of anilines is 2. The largest absolute Gasteiger partial charge is 0.497 e. The Labute approximate surface area is 281 Å². The summed E-state index contributed by atoms with van der Waals surface area (Å²) in [6, 6.07) is 11.6. The van der Waals surface area contributed by atoms with E-state index in [9.17, 15) is 29.4 Å². The first kappa shape index (κ1) is 38.8. The fraction of sp³-hybridized carbons (Fsp3) is 0.429. The highest BCUT2D eigenvalue weighted by Crippen LogP contribution is 2.26. The molecule has 2 aromatic carbocycles. The van der Waals surface area contributed by atoms with E-state index in [1.165, 1.54) is 12.2 Å². The number of aliphatic carboxylic acids is 2. The minimum atomic E-state index is -1.25. The number of rotatable bonds is 16. The first-order chi connectivity index (χ1) is 22.6. The number of benzene rings is 2. The number of carbonyl (C=O) groups excluding carboxylic acids is 2. The number of carbonyl (C=O) groups is 4. The molecule has 48 heavy (non-hydrogen) atoms. The monoisotopic (exact) mass is 662 g/mol. The standard InChI is InChI=1S/C35H46N6O7/c1-22(2)19-27(23-11-13-24(14-12-23)38-34(37-21-36)39-25-15-17-26(48-6)18-16-25)31(43)41-29(33(46)47)10-8-7-9-28(32(44)45)40-30(42)20-35(3,4)5/h7-8,11-18,22,27-29H,9-10,19-20H2,1-6H3,(H,40,42)(H,41,43)(H,44,45)(H,46,47)(H2,37,38,39). The van der Waals surface area contributed by atoms with Gasteiger partial charge in [0.2, 0.25) is 24.0 Å². The fourth-order valence-corrected chi connectivity index (χ4v) is 4.66. The van der Waals surface area contributed by atoms with Crippen LogP contribution in [0, 0.1) is 22.8 Å². The van der Waals surface area contributed by atoms with Gasteiger partial charge < -0.3 is 36.2 Å². The van der Waals surface area contributed by atoms with Crippen LogP contribution in [0.4, 0.5) is 11.4 Å². The molecule has 13 heteroatoms. The summed E-state index contributed by atoms with van der Waals surface area (Å²) in [4.78, 5) is 53.1. The molecule has 0 fully saturated rings. The predicted molar refractivity (Wildman–Crippen MR) is 184 cm³/mol. The Bertz CT molecular complexity index is 1490. The average molecular weight is 663 g/mol. The van der Waals surface area contributed by atoms with E-state index in [0.717, 1.165) is 0 Å². The van der Waals surface area contributed by atoms with E-state index in [0.29, 0.717) is 29.1 Å². The van der Waals surface area contributed by atoms with Crippen LogP contribution in [-0.2, 0) is 19.2 Å². The lowest BCUT2D eigenvalue weighted by atomic mass is 9.89. The first-order valence-electron chi connectivity index (χ1n) is 15.6. The predicted octanol–water partition coefficient (Wildman–Crippen LogP) is 5.10. The van der Waals surface area contributed by atoms with E-state index in [2.05, 4.69) is 26.3 Å². The summed E-state index contributed by atoms with van der Waals surface area (Å²) in [6.07, 6.45) is 5.22. The molecule has 0 aliphatic heterocycles. The van der Waals surface area contributed by atoms with Crippen molar-refractivity contribution < 1.29 is 34.1 Å². The summed E-state index contributed by atoms with van der Waals surface area (Å²) in [7, 11) is 1.56. The Morgan fingerprint density at radius 1 is 0.875 bits per heavy atom. The summed E-state index contributed by atoms with van der Waals surface area (Å²) in [5, 5.41) is 39.7. The Kier molecular flexibility index (Phi) is 15.1. The minimum Gasteiger partial charge on any atom is -0.497 e. The quantitative estimate of drug-likeness (QED) is 0.0608. The molecule has 2 amide bonds. The van der Waals surface area contributed by atoms with Gasteiger partial charge in [-0.1, -0.05) is 58.9 Å². The molecule has 0 saturated carbocycles. The van der Waals surface area contributed by atoms with Crippen molar-refractivity contribution in [2.75, 3.05) is 17.7 Å². The molecule has 2 rings (SSSR count). The maximum Gasteiger partial charge on any atom is 0.326 e. The van der Waals surface area contributed by atoms with Crippen LogP contribution in [0.5, 0.6) is 5.75 Å². The van der Waals surface area contributed by atoms with Crippen LogP contribution in [0.2, 0.25) is 0 Å². The van der Waals surface area contributed by atoms with E-state index in [4.69, 9.17) is 10.00 Å². The second-order valence-corrected chi connectivity index (χ2v) is 12.9. The van der Waals surface area contributed by atoms with E-state index in [1.54, 1.807) is 61.8 Å². The van der Waals surface area contributed by atoms with Gasteiger partial charge in [-0.15, -0.1) is 4.99 Å². The Balaban J connectivity index is 2.10. The maximum absolute atomic E-state index is 13.4. The lowest BCUT2D eigenvalue weighted by molar-refractivity contribution is -0.142. The number of carboxylic acid groups (broad SMARTS) is 2. The molecule has 0 aromatic heterocycles. The Morgan fingerprint density at radius 3 is 1.81 bits per heavy atom. The van der Waals surface area contributed by atoms with Crippen molar-refractivity contribution in [3.8, 4) is 11.9 Å². The summed E-state index contributed by atoms with van der Waals surface area (Å²) in [6.45, 7) is 9.53. The number of aliphatic imine (C=N–C) groups is 1. The fourth-order valence-electron chi connectivity index (χ4n) is 4.66. The lowest BCUT2D eigenvalue weighted by Crippen LogP contribution is -2.43. The van der Waals surface area contributed by atoms with Crippen LogP contribution in [0.1, 0.15) is 71.8 Å². The first-order valence-corrected chi connectivity index (χ1v) is 15.6. The van der Waals surface area contributed by atoms with Gasteiger partial charge in [0, 0.05) is 17.8 Å². The topological polar surface area (TPSA) is 202 Å². The number of nitriles is 1. The molecule has 3 unspecified atom stereocenters. The van der Waals surface area contributed by atoms with Gasteiger partial charge in [-0.2, -0.15) is 5.26 Å². The summed E-state index contributed by atoms with van der Waals surface area (Å²) in [5.41, 5.74) is 1.63. The second kappa shape index (κ2) is 18.7. The smallest absolute Gasteiger partial charge is 0.326 e. The van der Waals surface area contributed by atoms with Crippen molar-refractivity contribution in [2.24, 2.45) is 16.3 Å². The molecule has 0 saturated heterocycles. The summed E-state index contributed by atoms with van der Waals surface area (Å²) >= 11 is 0. The van der Waals surface area contributed by atoms with Crippen LogP contribution >= 0.6 is 0 Å². The van der Waals surface area contributed by atoms with Gasteiger partial charge in [0.25, 0.3) is 0 Å². The van der Waals surface area contributed by atoms with Crippen LogP contribution in [-0.4, -0.2) is 59.1 Å². The number of carboxylic acids is 2. The van der Waals surface area contributed by atoms with Crippen LogP contribution in [0.15, 0.2) is 65.7 Å². The number of amides is 2. The van der Waals surface area contributed by atoms with Gasteiger partial charge in [-0.25, -0.2) is 9.59 Å². The van der Waals surface area contributed by atoms with Crippen LogP contribution in [0.3, 0.4) is 0 Å². The van der Waals surface area contributed by atoms with E-state index < -0.39 is 35.8 Å². The molecule has 0 spiro atoms. The van der Waals surface area contributed by atoms with Gasteiger partial charge in [-0.05, 0) is 72.6 Å². The van der Waals surface area contributed by atoms with Gasteiger partial charge in [0.05, 0.1) is 13.0 Å². The highest BCUT2D eigenvalue weighted by Gasteiger charge is 2.27. The average Bonchev–Trinajstić information content (AvgIpc) is 3.00. The van der Waals surface area contributed by atoms with Gasteiger partial charge in [-0.3, -0.25) is 9.59 Å². The number of hydrogen-bond acceptors (Lipinski definition) is 7. The molecule has 6 N–H and O–H groups in total. The zero-order chi connectivity index (χ0) is 35.9. The molecule has 258 valence electrons. The van der Waals surface area contributed by atoms with Crippen LogP contribution < -0.4 is 26.0 Å². The summed E-state index contributed by atoms with van der Waals surface area (Å²) < 4.78 is 5.16. The molecule has 0 aliphatic rings. The summed E-state index contributed by atoms with van der Waals surface area (Å²) in [5.74, 6) is -2.96. The molecule has 13 nitrogen and oxygen atoms in total. The molecular weight excluding hydrogens is 616 g/mol. The zero-order valence-electron chi connectivity index (χ0n) is 28.2. The third-order valence-electron chi connectivity index (χ3n) is 6.96. The van der Waals surface area contributed by atoms with Crippen molar-refractivity contribution in [1.29, 1.82) is 5.26 Å². The number of ether oxygens (including phenoxy) is 1. The van der Waals surface area contributed by atoms with Gasteiger partial charge in [0.15, 0.2) is 0 Å². The highest BCUT2D eigenvalue weighted by molar-refractivity contribution is 6.04. The molecule has 0 radical (unpaired) electrons. The Hall–Kier alpha value is -5.38. The van der Waals surface area contributed by atoms with E-state index >= 15 is 0 Å². The molecule has 0 aliphatic carbocycles. The third-order valence-corrected chi connectivity index (χ3v) is 6.96. The normalized spacial score (nSPS) is 13.6.